The van der Waals surface area contributed by atoms with Gasteiger partial charge in [-0.25, -0.2) is 0 Å². The molecule has 0 bridgehead atoms. The maximum Gasteiger partial charge on any atom is 0.234 e. The molecule has 4 heteroatoms. The second-order valence-electron chi connectivity index (χ2n) is 4.89. The van der Waals surface area contributed by atoms with Gasteiger partial charge in [-0.3, -0.25) is 4.79 Å². The van der Waals surface area contributed by atoms with E-state index in [0.29, 0.717) is 19.1 Å². The minimum atomic E-state index is 0.0169. The Labute approximate surface area is 108 Å². The van der Waals surface area contributed by atoms with Gasteiger partial charge in [-0.2, -0.15) is 0 Å². The number of carbonyl (C=O) groups excluding carboxylic acids is 1. The fraction of sp³-hybridized carbons (Fsp3) is 0.500. The molecule has 0 aromatic heterocycles. The number of carbonyl (C=O) groups is 1. The Bertz CT molecular complexity index is 393. The molecule has 2 N–H and O–H groups in total. The summed E-state index contributed by atoms with van der Waals surface area (Å²) in [6.07, 6.45) is 0.930. The maximum absolute atomic E-state index is 11.5. The Morgan fingerprint density at radius 1 is 1.44 bits per heavy atom. The van der Waals surface area contributed by atoms with Crippen molar-refractivity contribution in [3.63, 3.8) is 0 Å². The van der Waals surface area contributed by atoms with Gasteiger partial charge in [0, 0.05) is 12.5 Å². The van der Waals surface area contributed by atoms with E-state index in [1.807, 2.05) is 32.0 Å². The van der Waals surface area contributed by atoms with Gasteiger partial charge in [0.2, 0.25) is 5.91 Å². The molecule has 1 unspecified atom stereocenters. The minimum Gasteiger partial charge on any atom is -0.488 e. The zero-order valence-electron chi connectivity index (χ0n) is 10.9. The van der Waals surface area contributed by atoms with Crippen molar-refractivity contribution < 1.29 is 9.53 Å². The van der Waals surface area contributed by atoms with E-state index in [1.165, 1.54) is 5.56 Å². The Morgan fingerprint density at radius 2 is 2.22 bits per heavy atom. The van der Waals surface area contributed by atoms with Gasteiger partial charge >= 0.3 is 0 Å². The summed E-state index contributed by atoms with van der Waals surface area (Å²) in [5.74, 6) is 0.959. The Morgan fingerprint density at radius 3 is 2.94 bits per heavy atom. The van der Waals surface area contributed by atoms with Crippen LogP contribution in [0.1, 0.15) is 19.4 Å². The lowest BCUT2D eigenvalue weighted by Gasteiger charge is -2.13. The number of nitrogens with one attached hydrogen (secondary N) is 2. The van der Waals surface area contributed by atoms with Crippen LogP contribution in [0.5, 0.6) is 5.75 Å². The summed E-state index contributed by atoms with van der Waals surface area (Å²) in [5, 5.41) is 5.97. The van der Waals surface area contributed by atoms with Crippen molar-refractivity contribution in [3.8, 4) is 5.75 Å². The summed E-state index contributed by atoms with van der Waals surface area (Å²) in [5.41, 5.74) is 1.22. The van der Waals surface area contributed by atoms with Gasteiger partial charge in [-0.1, -0.05) is 32.0 Å². The first kappa shape index (κ1) is 12.9. The van der Waals surface area contributed by atoms with Crippen molar-refractivity contribution in [3.05, 3.63) is 29.8 Å². The summed E-state index contributed by atoms with van der Waals surface area (Å²) in [6.45, 7) is 4.96. The summed E-state index contributed by atoms with van der Waals surface area (Å²) < 4.78 is 5.75. The highest BCUT2D eigenvalue weighted by Gasteiger charge is 2.22. The topological polar surface area (TPSA) is 50.4 Å². The van der Waals surface area contributed by atoms with Crippen molar-refractivity contribution in [2.24, 2.45) is 0 Å². The maximum atomic E-state index is 11.5. The third kappa shape index (κ3) is 3.47. The fourth-order valence-electron chi connectivity index (χ4n) is 1.95. The fourth-order valence-corrected chi connectivity index (χ4v) is 1.95. The van der Waals surface area contributed by atoms with Gasteiger partial charge in [0.05, 0.1) is 13.1 Å². The standard InChI is InChI=1S/C14H20N2O2/c1-10(2)15-9-14(17)16-8-12-7-11-5-3-4-6-13(11)18-12/h3-6,10,12,15H,7-9H2,1-2H3,(H,16,17). The molecule has 0 saturated heterocycles. The third-order valence-corrected chi connectivity index (χ3v) is 2.91. The van der Waals surface area contributed by atoms with Gasteiger partial charge in [0.15, 0.2) is 0 Å². The molecular formula is C14H20N2O2. The van der Waals surface area contributed by atoms with Crippen molar-refractivity contribution in [1.29, 1.82) is 0 Å². The first-order valence-electron chi connectivity index (χ1n) is 6.40. The van der Waals surface area contributed by atoms with Crippen LogP contribution in [0.3, 0.4) is 0 Å². The highest BCUT2D eigenvalue weighted by atomic mass is 16.5. The van der Waals surface area contributed by atoms with E-state index in [0.717, 1.165) is 12.2 Å². The Kier molecular flexibility index (Phi) is 4.20. The molecule has 0 aliphatic carbocycles. The average Bonchev–Trinajstić information content (AvgIpc) is 2.76. The molecule has 1 aromatic rings. The highest BCUT2D eigenvalue weighted by molar-refractivity contribution is 5.78. The molecule has 0 radical (unpaired) electrons. The predicted octanol–water partition coefficient (Wildman–Crippen LogP) is 1.10. The molecule has 2 rings (SSSR count). The van der Waals surface area contributed by atoms with E-state index in [-0.39, 0.29) is 12.0 Å². The van der Waals surface area contributed by atoms with E-state index in [9.17, 15) is 4.79 Å². The van der Waals surface area contributed by atoms with Crippen LogP contribution in [0, 0.1) is 0 Å². The monoisotopic (exact) mass is 248 g/mol. The molecule has 1 heterocycles. The molecule has 1 aliphatic heterocycles. The summed E-state index contributed by atoms with van der Waals surface area (Å²) in [6, 6.07) is 8.33. The summed E-state index contributed by atoms with van der Waals surface area (Å²) in [7, 11) is 0. The number of rotatable bonds is 5. The smallest absolute Gasteiger partial charge is 0.234 e. The summed E-state index contributed by atoms with van der Waals surface area (Å²) in [4.78, 5) is 11.5. The van der Waals surface area contributed by atoms with Crippen LogP contribution in [0.15, 0.2) is 24.3 Å². The normalized spacial score (nSPS) is 17.4. The van der Waals surface area contributed by atoms with Crippen LogP contribution in [0.4, 0.5) is 0 Å². The average molecular weight is 248 g/mol. The lowest BCUT2D eigenvalue weighted by molar-refractivity contribution is -0.120. The van der Waals surface area contributed by atoms with Gasteiger partial charge in [0.25, 0.3) is 0 Å². The van der Waals surface area contributed by atoms with Crippen LogP contribution in [-0.2, 0) is 11.2 Å². The van der Waals surface area contributed by atoms with E-state index < -0.39 is 0 Å². The lowest BCUT2D eigenvalue weighted by Crippen LogP contribution is -2.41. The molecule has 1 amide bonds. The molecule has 4 nitrogen and oxygen atoms in total. The van der Waals surface area contributed by atoms with Gasteiger partial charge < -0.3 is 15.4 Å². The number of ether oxygens (including phenoxy) is 1. The molecule has 1 atom stereocenters. The van der Waals surface area contributed by atoms with Crippen LogP contribution >= 0.6 is 0 Å². The number of hydrogen-bond acceptors (Lipinski definition) is 3. The zero-order valence-corrected chi connectivity index (χ0v) is 10.9. The number of fused-ring (bicyclic) bond motifs is 1. The number of para-hydroxylation sites is 1. The molecule has 0 spiro atoms. The summed E-state index contributed by atoms with van der Waals surface area (Å²) >= 11 is 0. The first-order chi connectivity index (χ1) is 8.65. The van der Waals surface area contributed by atoms with Crippen LogP contribution in [-0.4, -0.2) is 31.1 Å². The van der Waals surface area contributed by atoms with Crippen LogP contribution in [0.25, 0.3) is 0 Å². The van der Waals surface area contributed by atoms with E-state index in [2.05, 4.69) is 16.7 Å². The minimum absolute atomic E-state index is 0.0169. The molecular weight excluding hydrogens is 228 g/mol. The van der Waals surface area contributed by atoms with Crippen LogP contribution in [0.2, 0.25) is 0 Å². The highest BCUT2D eigenvalue weighted by Crippen LogP contribution is 2.27. The Hall–Kier alpha value is -1.55. The largest absolute Gasteiger partial charge is 0.488 e. The second-order valence-corrected chi connectivity index (χ2v) is 4.89. The van der Waals surface area contributed by atoms with E-state index in [4.69, 9.17) is 4.74 Å². The first-order valence-corrected chi connectivity index (χ1v) is 6.40. The molecule has 98 valence electrons. The molecule has 0 saturated carbocycles. The SMILES string of the molecule is CC(C)NCC(=O)NCC1Cc2ccccc2O1. The van der Waals surface area contributed by atoms with Crippen molar-refractivity contribution in [2.45, 2.75) is 32.4 Å². The van der Waals surface area contributed by atoms with Crippen LogP contribution < -0.4 is 15.4 Å². The van der Waals surface area contributed by atoms with Gasteiger partial charge in [-0.05, 0) is 11.6 Å². The number of hydrogen-bond donors (Lipinski definition) is 2. The van der Waals surface area contributed by atoms with Crippen molar-refractivity contribution in [1.82, 2.24) is 10.6 Å². The molecule has 18 heavy (non-hydrogen) atoms. The second kappa shape index (κ2) is 5.87. The Balaban J connectivity index is 1.72. The van der Waals surface area contributed by atoms with Crippen molar-refractivity contribution >= 4 is 5.91 Å². The van der Waals surface area contributed by atoms with Gasteiger partial charge in [-0.15, -0.1) is 0 Å². The molecule has 0 fully saturated rings. The lowest BCUT2D eigenvalue weighted by atomic mass is 10.1. The quantitative estimate of drug-likeness (QED) is 0.820. The third-order valence-electron chi connectivity index (χ3n) is 2.91. The number of benzene rings is 1. The van der Waals surface area contributed by atoms with E-state index >= 15 is 0 Å². The van der Waals surface area contributed by atoms with Gasteiger partial charge in [0.1, 0.15) is 11.9 Å². The number of amides is 1. The molecule has 1 aliphatic rings. The van der Waals surface area contributed by atoms with Crippen molar-refractivity contribution in [2.75, 3.05) is 13.1 Å². The van der Waals surface area contributed by atoms with E-state index in [1.54, 1.807) is 0 Å². The predicted molar refractivity (Wildman–Crippen MR) is 70.7 cm³/mol. The molecule has 1 aromatic carbocycles. The zero-order chi connectivity index (χ0) is 13.0.